The van der Waals surface area contributed by atoms with Crippen LogP contribution in [0.1, 0.15) is 65.2 Å². The van der Waals surface area contributed by atoms with Crippen LogP contribution in [-0.2, 0) is 0 Å². The molecule has 0 fully saturated rings. The number of unbranched alkanes of at least 4 members (excludes halogenated alkanes) is 4. The van der Waals surface area contributed by atoms with Crippen molar-refractivity contribution in [2.75, 3.05) is 74.8 Å². The zero-order chi connectivity index (χ0) is 37.8. The van der Waals surface area contributed by atoms with Crippen molar-refractivity contribution in [1.82, 2.24) is 19.8 Å². The summed E-state index contributed by atoms with van der Waals surface area (Å²) in [4.78, 5) is 14.5. The van der Waals surface area contributed by atoms with Crippen LogP contribution in [0.5, 0.6) is 0 Å². The second-order valence-corrected chi connectivity index (χ2v) is 14.8. The molecule has 2 heterocycles. The summed E-state index contributed by atoms with van der Waals surface area (Å²) in [6.07, 6.45) is 9.71. The first-order valence-electron chi connectivity index (χ1n) is 20.3. The van der Waals surface area contributed by atoms with E-state index in [2.05, 4.69) is 119 Å². The highest BCUT2D eigenvalue weighted by molar-refractivity contribution is 6.18. The Kier molecular flexibility index (Phi) is 17.9. The van der Waals surface area contributed by atoms with E-state index in [-0.39, 0.29) is 0 Å². The van der Waals surface area contributed by atoms with E-state index in [4.69, 9.17) is 33.2 Å². The second-order valence-electron chi connectivity index (χ2n) is 14.1. The van der Waals surface area contributed by atoms with E-state index in [9.17, 15) is 0 Å². The lowest BCUT2D eigenvalue weighted by Crippen LogP contribution is -2.28. The zero-order valence-electron chi connectivity index (χ0n) is 32.5. The Labute approximate surface area is 333 Å². The average molecular weight is 768 g/mol. The van der Waals surface area contributed by atoms with Crippen LogP contribution in [-0.4, -0.2) is 83.9 Å². The van der Waals surface area contributed by atoms with Crippen molar-refractivity contribution in [2.45, 2.75) is 65.2 Å². The lowest BCUT2D eigenvalue weighted by molar-refractivity contribution is 0.283. The normalized spacial score (nSPS) is 11.5. The molecular formula is C46H60Cl2N6. The number of fused-ring (bicyclic) bond motifs is 4. The molecule has 0 aliphatic carbocycles. The highest BCUT2D eigenvalue weighted by atomic mass is 35.5. The number of hydrogen-bond acceptors (Lipinski definition) is 6. The van der Waals surface area contributed by atoms with Gasteiger partial charge in [-0.05, 0) is 89.0 Å². The van der Waals surface area contributed by atoms with Gasteiger partial charge in [-0.1, -0.05) is 99.5 Å². The van der Waals surface area contributed by atoms with E-state index in [0.29, 0.717) is 5.88 Å². The molecule has 2 aromatic heterocycles. The molecule has 0 saturated heterocycles. The van der Waals surface area contributed by atoms with E-state index >= 15 is 0 Å². The van der Waals surface area contributed by atoms with Gasteiger partial charge in [-0.3, -0.25) is 0 Å². The van der Waals surface area contributed by atoms with Crippen molar-refractivity contribution in [3.8, 4) is 0 Å². The Morgan fingerprint density at radius 2 is 0.759 bits per heavy atom. The first-order chi connectivity index (χ1) is 26.7. The molecule has 2 N–H and O–H groups in total. The van der Waals surface area contributed by atoms with Gasteiger partial charge >= 0.3 is 0 Å². The van der Waals surface area contributed by atoms with Crippen LogP contribution in [0.25, 0.3) is 43.6 Å². The number of nitrogens with zero attached hydrogens (tertiary/aromatic N) is 4. The summed E-state index contributed by atoms with van der Waals surface area (Å²) in [6.45, 7) is 13.0. The van der Waals surface area contributed by atoms with Gasteiger partial charge in [0.2, 0.25) is 0 Å². The summed E-state index contributed by atoms with van der Waals surface area (Å²) in [7, 11) is 0. The number of hydrogen-bond donors (Lipinski definition) is 2. The van der Waals surface area contributed by atoms with Crippen molar-refractivity contribution in [1.29, 1.82) is 0 Å². The van der Waals surface area contributed by atoms with Crippen LogP contribution in [0, 0.1) is 0 Å². The Hall–Kier alpha value is -3.68. The Morgan fingerprint density at radius 3 is 1.13 bits per heavy atom. The molecule has 0 unspecified atom stereocenters. The van der Waals surface area contributed by atoms with Gasteiger partial charge in [-0.2, -0.15) is 0 Å². The Balaban J connectivity index is 0.000000208. The highest BCUT2D eigenvalue weighted by Crippen LogP contribution is 2.32. The molecule has 0 saturated carbocycles. The largest absolute Gasteiger partial charge is 0.384 e. The lowest BCUT2D eigenvalue weighted by atomic mass is 10.1. The molecule has 6 aromatic rings. The standard InChI is InChI=1S/C24H32ClN3.C22H28ClN3/c1-2-17-28(19-15-25)18-10-4-3-9-16-26-24-20-11-5-7-13-22(20)27-23-14-8-6-12-21(23)24;1-2-15-26(17-13-23)16-8-7-14-24-22-18-9-3-5-11-20(18)25-21-12-6-4-10-19(21)22/h5-8,11-14H,2-4,9-10,15-19H2,1H3,(H,26,27);3-6,9-12H,2,7-8,13-17H2,1H3,(H,24,25). The third-order valence-corrected chi connectivity index (χ3v) is 10.3. The van der Waals surface area contributed by atoms with Gasteiger partial charge in [-0.25, -0.2) is 9.97 Å². The zero-order valence-corrected chi connectivity index (χ0v) is 34.0. The molecule has 0 aliphatic heterocycles. The molecule has 0 amide bonds. The van der Waals surface area contributed by atoms with Crippen molar-refractivity contribution < 1.29 is 0 Å². The molecule has 6 nitrogen and oxygen atoms in total. The highest BCUT2D eigenvalue weighted by Gasteiger charge is 2.10. The number of pyridine rings is 2. The van der Waals surface area contributed by atoms with E-state index < -0.39 is 0 Å². The lowest BCUT2D eigenvalue weighted by Gasteiger charge is -2.20. The van der Waals surface area contributed by atoms with Gasteiger partial charge in [-0.15, -0.1) is 23.2 Å². The predicted octanol–water partition coefficient (Wildman–Crippen LogP) is 11.8. The van der Waals surface area contributed by atoms with Gasteiger partial charge in [0, 0.05) is 59.5 Å². The van der Waals surface area contributed by atoms with Crippen LogP contribution < -0.4 is 10.6 Å². The summed E-state index contributed by atoms with van der Waals surface area (Å²) >= 11 is 11.8. The third kappa shape index (κ3) is 12.2. The molecule has 0 bridgehead atoms. The van der Waals surface area contributed by atoms with Crippen LogP contribution in [0.4, 0.5) is 11.4 Å². The van der Waals surface area contributed by atoms with Gasteiger partial charge in [0.15, 0.2) is 0 Å². The number of alkyl halides is 2. The van der Waals surface area contributed by atoms with Crippen molar-refractivity contribution in [3.05, 3.63) is 97.1 Å². The average Bonchev–Trinajstić information content (AvgIpc) is 3.20. The van der Waals surface area contributed by atoms with Crippen molar-refractivity contribution in [3.63, 3.8) is 0 Å². The fourth-order valence-corrected chi connectivity index (χ4v) is 7.78. The molecule has 288 valence electrons. The molecule has 4 aromatic carbocycles. The van der Waals surface area contributed by atoms with Crippen LogP contribution in [0.3, 0.4) is 0 Å². The number of nitrogens with one attached hydrogen (secondary N) is 2. The number of aromatic nitrogens is 2. The summed E-state index contributed by atoms with van der Waals surface area (Å²) in [5, 5.41) is 12.2. The van der Waals surface area contributed by atoms with E-state index in [1.165, 1.54) is 84.4 Å². The van der Waals surface area contributed by atoms with E-state index in [1.807, 2.05) is 12.1 Å². The van der Waals surface area contributed by atoms with Gasteiger partial charge in [0.25, 0.3) is 0 Å². The number of para-hydroxylation sites is 4. The maximum atomic E-state index is 5.90. The number of halogens is 2. The fourth-order valence-electron chi connectivity index (χ4n) is 7.30. The van der Waals surface area contributed by atoms with Gasteiger partial charge < -0.3 is 20.4 Å². The summed E-state index contributed by atoms with van der Waals surface area (Å²) < 4.78 is 0. The second kappa shape index (κ2) is 23.3. The summed E-state index contributed by atoms with van der Waals surface area (Å²) in [6, 6.07) is 33.5. The first-order valence-corrected chi connectivity index (χ1v) is 21.3. The van der Waals surface area contributed by atoms with E-state index in [0.717, 1.165) is 80.2 Å². The summed E-state index contributed by atoms with van der Waals surface area (Å²) in [5.74, 6) is 1.45. The van der Waals surface area contributed by atoms with Crippen LogP contribution in [0.15, 0.2) is 97.1 Å². The number of rotatable bonds is 22. The molecule has 6 rings (SSSR count). The maximum absolute atomic E-state index is 5.90. The van der Waals surface area contributed by atoms with E-state index in [1.54, 1.807) is 0 Å². The number of benzene rings is 4. The predicted molar refractivity (Wildman–Crippen MR) is 238 cm³/mol. The molecule has 8 heteroatoms. The quantitative estimate of drug-likeness (QED) is 0.0408. The Bertz CT molecular complexity index is 1860. The van der Waals surface area contributed by atoms with Crippen LogP contribution in [0.2, 0.25) is 0 Å². The fraction of sp³-hybridized carbons (Fsp3) is 0.435. The smallest absolute Gasteiger partial charge is 0.0730 e. The molecule has 0 spiro atoms. The maximum Gasteiger partial charge on any atom is 0.0730 e. The minimum Gasteiger partial charge on any atom is -0.384 e. The Morgan fingerprint density at radius 1 is 0.426 bits per heavy atom. The molecule has 0 radical (unpaired) electrons. The first kappa shape index (κ1) is 41.5. The van der Waals surface area contributed by atoms with Crippen LogP contribution >= 0.6 is 23.2 Å². The SMILES string of the molecule is CCCN(CCCl)CCCCCCNc1c2ccccc2nc2ccccc12.CCCN(CCCl)CCCCNc1c2ccccc2nc2ccccc12. The minimum absolute atomic E-state index is 0.716. The summed E-state index contributed by atoms with van der Waals surface area (Å²) in [5.41, 5.74) is 6.63. The topological polar surface area (TPSA) is 56.3 Å². The molecule has 0 aliphatic rings. The van der Waals surface area contributed by atoms with Crippen molar-refractivity contribution in [2.24, 2.45) is 0 Å². The van der Waals surface area contributed by atoms with Crippen molar-refractivity contribution >= 4 is 78.2 Å². The monoisotopic (exact) mass is 766 g/mol. The number of anilines is 2. The minimum atomic E-state index is 0.716. The molecule has 54 heavy (non-hydrogen) atoms. The third-order valence-electron chi connectivity index (χ3n) is 9.96. The molecular weight excluding hydrogens is 707 g/mol. The van der Waals surface area contributed by atoms with Gasteiger partial charge in [0.1, 0.15) is 0 Å². The molecule has 0 atom stereocenters. The van der Waals surface area contributed by atoms with Gasteiger partial charge in [0.05, 0.1) is 33.4 Å².